The van der Waals surface area contributed by atoms with Crippen molar-refractivity contribution < 1.29 is 8.42 Å². The van der Waals surface area contributed by atoms with Crippen molar-refractivity contribution in [2.24, 2.45) is 5.73 Å². The first-order valence-corrected chi connectivity index (χ1v) is 8.25. The summed E-state index contributed by atoms with van der Waals surface area (Å²) < 4.78 is 27.0. The number of nitrogens with zero attached hydrogens (tertiary/aromatic N) is 1. The molecule has 1 rings (SSSR count). The topological polar surface area (TPSA) is 75.4 Å². The molecule has 0 saturated carbocycles. The van der Waals surface area contributed by atoms with Gasteiger partial charge in [-0.1, -0.05) is 6.07 Å². The summed E-state index contributed by atoms with van der Waals surface area (Å²) in [5, 5.41) is 0. The van der Waals surface area contributed by atoms with Crippen LogP contribution in [0.25, 0.3) is 0 Å². The van der Waals surface area contributed by atoms with E-state index in [1.54, 1.807) is 18.2 Å². The van der Waals surface area contributed by atoms with E-state index in [1.807, 2.05) is 14.0 Å². The van der Waals surface area contributed by atoms with E-state index < -0.39 is 10.0 Å². The Morgan fingerprint density at radius 2 is 2.00 bits per heavy atom. The van der Waals surface area contributed by atoms with E-state index in [0.717, 1.165) is 11.1 Å². The third-order valence-electron chi connectivity index (χ3n) is 3.49. The van der Waals surface area contributed by atoms with Gasteiger partial charge in [-0.2, -0.15) is 0 Å². The second-order valence-corrected chi connectivity index (χ2v) is 7.03. The van der Waals surface area contributed by atoms with Crippen LogP contribution < -0.4 is 10.5 Å². The smallest absolute Gasteiger partial charge is 0.240 e. The standard InChI is InChI=1S/C14H25N3O2S/c1-11(2)17(4)8-7-16-20(18,19)14-6-5-12(3)13(9-14)10-15/h5-6,9,11,16H,7-8,10,15H2,1-4H3. The number of aryl methyl sites for hydroxylation is 1. The molecule has 0 aliphatic heterocycles. The summed E-state index contributed by atoms with van der Waals surface area (Å²) >= 11 is 0. The van der Waals surface area contributed by atoms with Crippen molar-refractivity contribution in [3.05, 3.63) is 29.3 Å². The Labute approximate surface area is 122 Å². The van der Waals surface area contributed by atoms with E-state index in [-0.39, 0.29) is 4.90 Å². The van der Waals surface area contributed by atoms with Gasteiger partial charge in [0.15, 0.2) is 0 Å². The Balaban J connectivity index is 2.74. The van der Waals surface area contributed by atoms with Crippen LogP contribution in [0.5, 0.6) is 0 Å². The monoisotopic (exact) mass is 299 g/mol. The third kappa shape index (κ3) is 4.56. The maximum Gasteiger partial charge on any atom is 0.240 e. The molecule has 0 aliphatic rings. The van der Waals surface area contributed by atoms with Crippen LogP contribution in [0.15, 0.2) is 23.1 Å². The molecule has 6 heteroatoms. The predicted octanol–water partition coefficient (Wildman–Crippen LogP) is 1.07. The number of nitrogens with one attached hydrogen (secondary N) is 1. The summed E-state index contributed by atoms with van der Waals surface area (Å²) in [7, 11) is -1.49. The summed E-state index contributed by atoms with van der Waals surface area (Å²) in [5.74, 6) is 0. The first-order valence-electron chi connectivity index (χ1n) is 6.77. The van der Waals surface area contributed by atoms with Gasteiger partial charge in [0.25, 0.3) is 0 Å². The summed E-state index contributed by atoms with van der Waals surface area (Å²) in [6.07, 6.45) is 0. The molecule has 0 unspecified atom stereocenters. The molecule has 0 radical (unpaired) electrons. The summed E-state index contributed by atoms with van der Waals surface area (Å²) in [4.78, 5) is 2.36. The number of likely N-dealkylation sites (N-methyl/N-ethyl adjacent to an activating group) is 1. The number of nitrogens with two attached hydrogens (primary N) is 1. The molecule has 114 valence electrons. The van der Waals surface area contributed by atoms with Gasteiger partial charge in [0.05, 0.1) is 4.90 Å². The van der Waals surface area contributed by atoms with Crippen molar-refractivity contribution in [3.8, 4) is 0 Å². The summed E-state index contributed by atoms with van der Waals surface area (Å²) in [6.45, 7) is 7.47. The molecule has 0 saturated heterocycles. The second-order valence-electron chi connectivity index (χ2n) is 5.26. The minimum Gasteiger partial charge on any atom is -0.326 e. The molecule has 0 amide bonds. The molecule has 0 aromatic heterocycles. The molecule has 0 atom stereocenters. The molecule has 1 aromatic carbocycles. The molecule has 0 heterocycles. The van der Waals surface area contributed by atoms with Gasteiger partial charge >= 0.3 is 0 Å². The van der Waals surface area contributed by atoms with E-state index >= 15 is 0 Å². The Morgan fingerprint density at radius 1 is 1.35 bits per heavy atom. The molecule has 20 heavy (non-hydrogen) atoms. The lowest BCUT2D eigenvalue weighted by Crippen LogP contribution is -2.36. The predicted molar refractivity (Wildman–Crippen MR) is 82.0 cm³/mol. The molecule has 0 bridgehead atoms. The van der Waals surface area contributed by atoms with E-state index in [4.69, 9.17) is 5.73 Å². The maximum absolute atomic E-state index is 12.2. The number of benzene rings is 1. The van der Waals surface area contributed by atoms with Crippen LogP contribution in [0, 0.1) is 6.92 Å². The van der Waals surface area contributed by atoms with Crippen molar-refractivity contribution in [2.45, 2.75) is 38.3 Å². The Hall–Kier alpha value is -0.950. The number of hydrogen-bond acceptors (Lipinski definition) is 4. The van der Waals surface area contributed by atoms with Gasteiger partial charge in [-0.15, -0.1) is 0 Å². The molecular formula is C14H25N3O2S. The molecule has 1 aromatic rings. The van der Waals surface area contributed by atoms with E-state index in [9.17, 15) is 8.42 Å². The Bertz CT molecular complexity index is 541. The minimum atomic E-state index is -3.46. The Morgan fingerprint density at radius 3 is 2.55 bits per heavy atom. The first-order chi connectivity index (χ1) is 9.27. The Kier molecular flexibility index (Phi) is 6.13. The van der Waals surface area contributed by atoms with Crippen LogP contribution >= 0.6 is 0 Å². The third-order valence-corrected chi connectivity index (χ3v) is 4.95. The minimum absolute atomic E-state index is 0.274. The lowest BCUT2D eigenvalue weighted by Gasteiger charge is -2.21. The summed E-state index contributed by atoms with van der Waals surface area (Å²) in [5.41, 5.74) is 7.47. The van der Waals surface area contributed by atoms with Crippen molar-refractivity contribution in [2.75, 3.05) is 20.1 Å². The van der Waals surface area contributed by atoms with Crippen LogP contribution in [0.3, 0.4) is 0 Å². The second kappa shape index (κ2) is 7.17. The zero-order valence-corrected chi connectivity index (χ0v) is 13.5. The molecule has 5 nitrogen and oxygen atoms in total. The van der Waals surface area contributed by atoms with E-state index in [0.29, 0.717) is 25.7 Å². The van der Waals surface area contributed by atoms with Crippen LogP contribution in [0.1, 0.15) is 25.0 Å². The normalized spacial score (nSPS) is 12.3. The zero-order valence-electron chi connectivity index (χ0n) is 12.7. The fourth-order valence-corrected chi connectivity index (χ4v) is 2.80. The van der Waals surface area contributed by atoms with Crippen molar-refractivity contribution in [1.82, 2.24) is 9.62 Å². The molecular weight excluding hydrogens is 274 g/mol. The van der Waals surface area contributed by atoms with Gasteiger partial charge in [0, 0.05) is 25.7 Å². The van der Waals surface area contributed by atoms with E-state index in [1.165, 1.54) is 0 Å². The van der Waals surface area contributed by atoms with Gasteiger partial charge in [-0.3, -0.25) is 0 Å². The molecule has 3 N–H and O–H groups in total. The fourth-order valence-electron chi connectivity index (χ4n) is 1.73. The SMILES string of the molecule is Cc1ccc(S(=O)(=O)NCCN(C)C(C)C)cc1CN. The molecule has 0 spiro atoms. The molecule has 0 aliphatic carbocycles. The van der Waals surface area contributed by atoms with Gasteiger partial charge in [0.1, 0.15) is 0 Å². The van der Waals surface area contributed by atoms with Crippen molar-refractivity contribution in [1.29, 1.82) is 0 Å². The van der Waals surface area contributed by atoms with Crippen LogP contribution in [-0.2, 0) is 16.6 Å². The number of sulfonamides is 1. The van der Waals surface area contributed by atoms with E-state index in [2.05, 4.69) is 23.5 Å². The van der Waals surface area contributed by atoms with Gasteiger partial charge < -0.3 is 10.6 Å². The molecule has 0 fully saturated rings. The maximum atomic E-state index is 12.2. The van der Waals surface area contributed by atoms with Crippen molar-refractivity contribution >= 4 is 10.0 Å². The number of hydrogen-bond donors (Lipinski definition) is 2. The highest BCUT2D eigenvalue weighted by atomic mass is 32.2. The van der Waals surface area contributed by atoms with Crippen LogP contribution in [0.2, 0.25) is 0 Å². The first kappa shape index (κ1) is 17.1. The van der Waals surface area contributed by atoms with Crippen LogP contribution in [-0.4, -0.2) is 39.5 Å². The van der Waals surface area contributed by atoms with Gasteiger partial charge in [-0.05, 0) is 51.1 Å². The summed E-state index contributed by atoms with van der Waals surface area (Å²) in [6, 6.07) is 5.44. The quantitative estimate of drug-likeness (QED) is 0.790. The highest BCUT2D eigenvalue weighted by Crippen LogP contribution is 2.15. The lowest BCUT2D eigenvalue weighted by atomic mass is 10.1. The highest BCUT2D eigenvalue weighted by Gasteiger charge is 2.15. The number of rotatable bonds is 7. The average molecular weight is 299 g/mol. The van der Waals surface area contributed by atoms with Gasteiger partial charge in [-0.25, -0.2) is 13.1 Å². The van der Waals surface area contributed by atoms with Gasteiger partial charge in [0.2, 0.25) is 10.0 Å². The fraction of sp³-hybridized carbons (Fsp3) is 0.571. The van der Waals surface area contributed by atoms with Crippen molar-refractivity contribution in [3.63, 3.8) is 0 Å². The highest BCUT2D eigenvalue weighted by molar-refractivity contribution is 7.89. The zero-order chi connectivity index (χ0) is 15.3. The largest absolute Gasteiger partial charge is 0.326 e. The lowest BCUT2D eigenvalue weighted by molar-refractivity contribution is 0.278. The average Bonchev–Trinajstić information content (AvgIpc) is 2.38. The van der Waals surface area contributed by atoms with Crippen LogP contribution in [0.4, 0.5) is 0 Å².